The van der Waals surface area contributed by atoms with Gasteiger partial charge in [-0.1, -0.05) is 42.5 Å². The van der Waals surface area contributed by atoms with Crippen molar-refractivity contribution < 1.29 is 14.3 Å². The maximum absolute atomic E-state index is 12.5. The molecule has 5 nitrogen and oxygen atoms in total. The van der Waals surface area contributed by atoms with Crippen molar-refractivity contribution in [2.24, 2.45) is 0 Å². The van der Waals surface area contributed by atoms with Crippen LogP contribution in [0, 0.1) is 0 Å². The molecule has 0 aliphatic rings. The Bertz CT molecular complexity index is 838. The second-order valence-corrected chi connectivity index (χ2v) is 5.74. The summed E-state index contributed by atoms with van der Waals surface area (Å²) in [4.78, 5) is 18.4. The number of amides is 1. The zero-order chi connectivity index (χ0) is 17.6. The van der Waals surface area contributed by atoms with Crippen LogP contribution < -0.4 is 0 Å². The summed E-state index contributed by atoms with van der Waals surface area (Å²) in [5.41, 5.74) is 2.43. The summed E-state index contributed by atoms with van der Waals surface area (Å²) >= 11 is 0. The summed E-state index contributed by atoms with van der Waals surface area (Å²) in [7, 11) is 1.73. The predicted octanol–water partition coefficient (Wildman–Crippen LogP) is 3.42. The van der Waals surface area contributed by atoms with Gasteiger partial charge in [-0.3, -0.25) is 4.79 Å². The molecule has 0 saturated carbocycles. The lowest BCUT2D eigenvalue weighted by Crippen LogP contribution is -2.30. The minimum Gasteiger partial charge on any atom is -0.437 e. The van der Waals surface area contributed by atoms with Gasteiger partial charge in [-0.15, -0.1) is 0 Å². The molecule has 0 radical (unpaired) electrons. The van der Waals surface area contributed by atoms with Gasteiger partial charge in [-0.2, -0.15) is 0 Å². The maximum atomic E-state index is 12.5. The van der Waals surface area contributed by atoms with Gasteiger partial charge >= 0.3 is 0 Å². The van der Waals surface area contributed by atoms with Gasteiger partial charge < -0.3 is 14.4 Å². The predicted molar refractivity (Wildman–Crippen MR) is 96.7 cm³/mol. The van der Waals surface area contributed by atoms with Crippen LogP contribution in [-0.2, 0) is 4.79 Å². The van der Waals surface area contributed by atoms with E-state index in [4.69, 9.17) is 4.42 Å². The summed E-state index contributed by atoms with van der Waals surface area (Å²) in [6.07, 6.45) is 3.49. The van der Waals surface area contributed by atoms with E-state index in [-0.39, 0.29) is 18.6 Å². The van der Waals surface area contributed by atoms with E-state index in [2.05, 4.69) is 4.98 Å². The second kappa shape index (κ2) is 7.77. The van der Waals surface area contributed by atoms with E-state index in [9.17, 15) is 9.90 Å². The molecule has 2 aromatic carbocycles. The Hall–Kier alpha value is -2.92. The third kappa shape index (κ3) is 3.95. The molecule has 0 aliphatic carbocycles. The number of hydrogen-bond donors (Lipinski definition) is 1. The largest absolute Gasteiger partial charge is 0.437 e. The lowest BCUT2D eigenvalue weighted by atomic mass is 10.0. The average molecular weight is 336 g/mol. The summed E-state index contributed by atoms with van der Waals surface area (Å²) in [6, 6.07) is 16.9. The Morgan fingerprint density at radius 2 is 1.92 bits per heavy atom. The fraction of sp³-hybridized carbons (Fsp3) is 0.200. The van der Waals surface area contributed by atoms with Crippen molar-refractivity contribution in [3.8, 4) is 0 Å². The van der Waals surface area contributed by atoms with Crippen molar-refractivity contribution in [2.45, 2.75) is 12.5 Å². The molecule has 0 bridgehead atoms. The molecule has 1 N–H and O–H groups in total. The molecule has 128 valence electrons. The molecule has 1 amide bonds. The van der Waals surface area contributed by atoms with Gasteiger partial charge in [0.1, 0.15) is 5.52 Å². The van der Waals surface area contributed by atoms with Gasteiger partial charge in [-0.05, 0) is 24.1 Å². The van der Waals surface area contributed by atoms with E-state index in [1.807, 2.05) is 54.6 Å². The van der Waals surface area contributed by atoms with Crippen molar-refractivity contribution in [1.82, 2.24) is 9.88 Å². The highest BCUT2D eigenvalue weighted by Crippen LogP contribution is 2.23. The molecule has 5 heteroatoms. The smallest absolute Gasteiger partial charge is 0.247 e. The van der Waals surface area contributed by atoms with Crippen LogP contribution in [0.5, 0.6) is 0 Å². The molecule has 3 aromatic rings. The second-order valence-electron chi connectivity index (χ2n) is 5.74. The normalized spacial score (nSPS) is 12.6. The molecule has 3 rings (SSSR count). The molecule has 1 unspecified atom stereocenters. The zero-order valence-corrected chi connectivity index (χ0v) is 14.0. The van der Waals surface area contributed by atoms with Crippen LogP contribution in [0.3, 0.4) is 0 Å². The quantitative estimate of drug-likeness (QED) is 0.701. The number of carbonyl (C=O) groups excluding carboxylic acids is 1. The standard InChI is InChI=1S/C20H20N2O3/c1-22(17(13-14-23)15-7-3-2-4-8-15)20(24)12-11-19-21-16-9-5-6-10-18(16)25-19/h2-12,17,23H,13-14H2,1H3/b12-11+. The topological polar surface area (TPSA) is 66.6 Å². The molecule has 0 aliphatic heterocycles. The molecule has 1 heterocycles. The van der Waals surface area contributed by atoms with E-state index < -0.39 is 0 Å². The molecule has 0 saturated heterocycles. The van der Waals surface area contributed by atoms with Crippen LogP contribution in [0.4, 0.5) is 0 Å². The van der Waals surface area contributed by atoms with Gasteiger partial charge in [0.05, 0.1) is 6.04 Å². The first kappa shape index (κ1) is 16.9. The summed E-state index contributed by atoms with van der Waals surface area (Å²) < 4.78 is 5.58. The number of hydrogen-bond acceptors (Lipinski definition) is 4. The number of para-hydroxylation sites is 2. The minimum atomic E-state index is -0.188. The highest BCUT2D eigenvalue weighted by atomic mass is 16.3. The van der Waals surface area contributed by atoms with Crippen molar-refractivity contribution in [3.05, 3.63) is 72.1 Å². The third-order valence-corrected chi connectivity index (χ3v) is 4.08. The lowest BCUT2D eigenvalue weighted by molar-refractivity contribution is -0.127. The number of aliphatic hydroxyl groups is 1. The Balaban J connectivity index is 1.76. The van der Waals surface area contributed by atoms with Crippen molar-refractivity contribution in [3.63, 3.8) is 0 Å². The zero-order valence-electron chi connectivity index (χ0n) is 14.0. The number of oxazole rings is 1. The highest BCUT2D eigenvalue weighted by Gasteiger charge is 2.19. The van der Waals surface area contributed by atoms with Gasteiger partial charge in [0.15, 0.2) is 5.58 Å². The molecule has 25 heavy (non-hydrogen) atoms. The van der Waals surface area contributed by atoms with Crippen molar-refractivity contribution in [2.75, 3.05) is 13.7 Å². The number of benzene rings is 2. The first-order chi connectivity index (χ1) is 12.2. The first-order valence-electron chi connectivity index (χ1n) is 8.15. The van der Waals surface area contributed by atoms with Crippen LogP contribution in [0.1, 0.15) is 23.9 Å². The van der Waals surface area contributed by atoms with Crippen LogP contribution in [0.15, 0.2) is 65.1 Å². The van der Waals surface area contributed by atoms with Gasteiger partial charge in [0, 0.05) is 25.8 Å². The van der Waals surface area contributed by atoms with Crippen LogP contribution >= 0.6 is 0 Å². The number of likely N-dealkylation sites (N-methyl/N-ethyl adjacent to an activating group) is 1. The number of fused-ring (bicyclic) bond motifs is 1. The summed E-state index contributed by atoms with van der Waals surface area (Å²) in [5.74, 6) is 0.214. The van der Waals surface area contributed by atoms with Crippen LogP contribution in [0.2, 0.25) is 0 Å². The number of aliphatic hydroxyl groups excluding tert-OH is 1. The molecule has 1 atom stereocenters. The Morgan fingerprint density at radius 3 is 2.64 bits per heavy atom. The van der Waals surface area contributed by atoms with E-state index in [0.717, 1.165) is 11.1 Å². The number of rotatable bonds is 6. The van der Waals surface area contributed by atoms with Gasteiger partial charge in [-0.25, -0.2) is 4.98 Å². The van der Waals surface area contributed by atoms with Crippen LogP contribution in [-0.4, -0.2) is 34.6 Å². The fourth-order valence-corrected chi connectivity index (χ4v) is 2.76. The van der Waals surface area contributed by atoms with Gasteiger partial charge in [0.2, 0.25) is 11.8 Å². The van der Waals surface area contributed by atoms with Crippen molar-refractivity contribution in [1.29, 1.82) is 0 Å². The Kier molecular flexibility index (Phi) is 5.26. The Labute approximate surface area is 146 Å². The SMILES string of the molecule is CN(C(=O)/C=C/c1nc2ccccc2o1)C(CCO)c1ccccc1. The number of aromatic nitrogens is 1. The maximum Gasteiger partial charge on any atom is 0.247 e. The minimum absolute atomic E-state index is 0.00598. The van der Waals surface area contributed by atoms with E-state index in [1.54, 1.807) is 18.0 Å². The summed E-state index contributed by atoms with van der Waals surface area (Å²) in [5, 5.41) is 9.34. The first-order valence-corrected chi connectivity index (χ1v) is 8.15. The van der Waals surface area contributed by atoms with Gasteiger partial charge in [0.25, 0.3) is 0 Å². The molecule has 0 fully saturated rings. The third-order valence-electron chi connectivity index (χ3n) is 4.08. The highest BCUT2D eigenvalue weighted by molar-refractivity contribution is 5.91. The lowest BCUT2D eigenvalue weighted by Gasteiger charge is -2.27. The fourth-order valence-electron chi connectivity index (χ4n) is 2.76. The summed E-state index contributed by atoms with van der Waals surface area (Å²) in [6.45, 7) is 0.00598. The van der Waals surface area contributed by atoms with E-state index in [0.29, 0.717) is 17.9 Å². The van der Waals surface area contributed by atoms with Crippen molar-refractivity contribution >= 4 is 23.1 Å². The van der Waals surface area contributed by atoms with E-state index >= 15 is 0 Å². The molecule has 1 aromatic heterocycles. The molecular formula is C20H20N2O3. The monoisotopic (exact) mass is 336 g/mol. The average Bonchev–Trinajstić information content (AvgIpc) is 3.07. The number of nitrogens with zero attached hydrogens (tertiary/aromatic N) is 2. The van der Waals surface area contributed by atoms with E-state index in [1.165, 1.54) is 6.08 Å². The molecule has 0 spiro atoms. The van der Waals surface area contributed by atoms with Crippen LogP contribution in [0.25, 0.3) is 17.2 Å². The number of carbonyl (C=O) groups is 1. The molecular weight excluding hydrogens is 316 g/mol. The Morgan fingerprint density at radius 1 is 1.20 bits per heavy atom.